The lowest BCUT2D eigenvalue weighted by Gasteiger charge is -2.53. The number of piperidine rings is 1. The summed E-state index contributed by atoms with van der Waals surface area (Å²) in [5.41, 5.74) is 3.82. The fraction of sp³-hybridized carbons (Fsp3) is 0.625. The largest absolute Gasteiger partial charge is 0.497 e. The van der Waals surface area contributed by atoms with Crippen LogP contribution in [0, 0.1) is 17.8 Å². The topological polar surface area (TPSA) is 73.0 Å². The van der Waals surface area contributed by atoms with Crippen molar-refractivity contribution in [3.8, 4) is 5.75 Å². The maximum absolute atomic E-state index is 12.9. The molecule has 176 valence electrons. The molecule has 0 radical (unpaired) electrons. The highest BCUT2D eigenvalue weighted by molar-refractivity contribution is 5.86. The van der Waals surface area contributed by atoms with E-state index >= 15 is 0 Å². The number of rotatable bonds is 4. The molecule has 3 heterocycles. The average molecular weight is 465 g/mol. The number of esters is 1. The first-order valence-electron chi connectivity index (χ1n) is 11.2. The highest BCUT2D eigenvalue weighted by Crippen LogP contribution is 2.50. The molecule has 1 aromatic carbocycles. The van der Waals surface area contributed by atoms with Crippen LogP contribution in [0.25, 0.3) is 10.9 Å². The lowest BCUT2D eigenvalue weighted by Crippen LogP contribution is -2.58. The maximum atomic E-state index is 12.9. The normalized spacial score (nSPS) is 31.8. The Balaban J connectivity index is 0.00000245. The van der Waals surface area contributed by atoms with Crippen molar-refractivity contribution in [2.45, 2.75) is 37.5 Å². The van der Waals surface area contributed by atoms with Crippen molar-refractivity contribution in [2.24, 2.45) is 17.8 Å². The summed E-state index contributed by atoms with van der Waals surface area (Å²) in [5.74, 6) is 0.961. The lowest BCUT2D eigenvalue weighted by atomic mass is 9.64. The Hall–Kier alpha value is -1.80. The van der Waals surface area contributed by atoms with Gasteiger partial charge in [0.2, 0.25) is 0 Å². The number of methoxy groups -OCH3 is 4. The molecule has 2 aromatic rings. The molecule has 2 fully saturated rings. The SMILES string of the molecule is COC(=O)C1C2CC3c4[nH]c5cc(OC)ccc5c4CCN3CC2CC(OC)C1OC.Cl. The molecule has 0 spiro atoms. The molecule has 3 aliphatic rings. The van der Waals surface area contributed by atoms with Crippen molar-refractivity contribution in [3.05, 3.63) is 29.5 Å². The van der Waals surface area contributed by atoms with Gasteiger partial charge in [-0.05, 0) is 48.8 Å². The van der Waals surface area contributed by atoms with E-state index in [2.05, 4.69) is 22.0 Å². The number of halogens is 1. The molecule has 5 rings (SSSR count). The van der Waals surface area contributed by atoms with Crippen LogP contribution in [-0.4, -0.2) is 69.6 Å². The molecule has 1 N–H and O–H groups in total. The van der Waals surface area contributed by atoms with E-state index in [0.29, 0.717) is 5.92 Å². The number of benzene rings is 1. The van der Waals surface area contributed by atoms with E-state index in [9.17, 15) is 4.79 Å². The highest BCUT2D eigenvalue weighted by Gasteiger charge is 2.53. The van der Waals surface area contributed by atoms with Crippen LogP contribution in [0.2, 0.25) is 0 Å². The summed E-state index contributed by atoms with van der Waals surface area (Å²) in [6.07, 6.45) is 2.49. The Labute approximate surface area is 195 Å². The summed E-state index contributed by atoms with van der Waals surface area (Å²) in [7, 11) is 6.55. The summed E-state index contributed by atoms with van der Waals surface area (Å²) in [6, 6.07) is 6.54. The zero-order valence-corrected chi connectivity index (χ0v) is 19.9. The molecule has 8 heteroatoms. The van der Waals surface area contributed by atoms with Crippen molar-refractivity contribution in [2.75, 3.05) is 41.5 Å². The Morgan fingerprint density at radius 2 is 1.94 bits per heavy atom. The first-order valence-corrected chi connectivity index (χ1v) is 11.2. The second-order valence-corrected chi connectivity index (χ2v) is 9.11. The molecule has 7 nitrogen and oxygen atoms in total. The summed E-state index contributed by atoms with van der Waals surface area (Å²) >= 11 is 0. The number of hydrogen-bond acceptors (Lipinski definition) is 6. The number of carbonyl (C=O) groups excluding carboxylic acids is 1. The van der Waals surface area contributed by atoms with E-state index in [1.54, 1.807) is 21.3 Å². The third kappa shape index (κ3) is 3.59. The van der Waals surface area contributed by atoms with Gasteiger partial charge in [0.1, 0.15) is 5.75 Å². The van der Waals surface area contributed by atoms with Crippen molar-refractivity contribution in [3.63, 3.8) is 0 Å². The average Bonchev–Trinajstić information content (AvgIpc) is 3.19. The van der Waals surface area contributed by atoms with E-state index < -0.39 is 0 Å². The Kier molecular flexibility index (Phi) is 6.73. The lowest BCUT2D eigenvalue weighted by molar-refractivity contribution is -0.179. The van der Waals surface area contributed by atoms with E-state index in [1.807, 2.05) is 6.07 Å². The van der Waals surface area contributed by atoms with Gasteiger partial charge in [0, 0.05) is 50.0 Å². The monoisotopic (exact) mass is 464 g/mol. The van der Waals surface area contributed by atoms with Gasteiger partial charge in [-0.2, -0.15) is 0 Å². The second-order valence-electron chi connectivity index (χ2n) is 9.11. The predicted octanol–water partition coefficient (Wildman–Crippen LogP) is 3.36. The van der Waals surface area contributed by atoms with Crippen molar-refractivity contribution >= 4 is 29.3 Å². The van der Waals surface area contributed by atoms with Crippen molar-refractivity contribution < 1.29 is 23.7 Å². The van der Waals surface area contributed by atoms with Crippen LogP contribution >= 0.6 is 12.4 Å². The van der Waals surface area contributed by atoms with E-state index in [4.69, 9.17) is 18.9 Å². The molecule has 0 bridgehead atoms. The van der Waals surface area contributed by atoms with Crippen LogP contribution in [0.1, 0.15) is 30.1 Å². The Morgan fingerprint density at radius 3 is 2.62 bits per heavy atom. The van der Waals surface area contributed by atoms with Gasteiger partial charge >= 0.3 is 5.97 Å². The second kappa shape index (κ2) is 9.21. The van der Waals surface area contributed by atoms with Gasteiger partial charge in [0.15, 0.2) is 0 Å². The molecular weight excluding hydrogens is 432 g/mol. The third-order valence-corrected chi connectivity index (χ3v) is 7.90. The van der Waals surface area contributed by atoms with E-state index in [1.165, 1.54) is 23.8 Å². The quantitative estimate of drug-likeness (QED) is 0.699. The van der Waals surface area contributed by atoms with Crippen molar-refractivity contribution in [1.29, 1.82) is 0 Å². The number of carbonyl (C=O) groups is 1. The number of aromatic amines is 1. The Morgan fingerprint density at radius 1 is 1.12 bits per heavy atom. The summed E-state index contributed by atoms with van der Waals surface area (Å²) in [6.45, 7) is 2.01. The van der Waals surface area contributed by atoms with Crippen LogP contribution < -0.4 is 4.74 Å². The summed E-state index contributed by atoms with van der Waals surface area (Å²) < 4.78 is 22.2. The number of hydrogen-bond donors (Lipinski definition) is 1. The standard InChI is InChI=1S/C24H32N2O5.ClH/c1-28-14-5-6-15-16-7-8-26-12-13-9-20(29-2)23(30-3)21(24(27)31-4)17(13)11-19(26)22(16)25-18(15)10-14;/h5-6,10,13,17,19-21,23,25H,7-9,11-12H2,1-4H3;1H. The maximum Gasteiger partial charge on any atom is 0.311 e. The number of H-pyrrole nitrogens is 1. The summed E-state index contributed by atoms with van der Waals surface area (Å²) in [4.78, 5) is 19.2. The van der Waals surface area contributed by atoms with Crippen LogP contribution in [0.4, 0.5) is 0 Å². The van der Waals surface area contributed by atoms with Gasteiger partial charge in [0.25, 0.3) is 0 Å². The van der Waals surface area contributed by atoms with Gasteiger partial charge < -0.3 is 23.9 Å². The molecular formula is C24H33ClN2O5. The first-order chi connectivity index (χ1) is 15.1. The van der Waals surface area contributed by atoms with Crippen molar-refractivity contribution in [1.82, 2.24) is 9.88 Å². The fourth-order valence-electron chi connectivity index (χ4n) is 6.47. The number of nitrogens with zero attached hydrogens (tertiary/aromatic N) is 1. The molecule has 1 aliphatic carbocycles. The van der Waals surface area contributed by atoms with Gasteiger partial charge in [-0.15, -0.1) is 12.4 Å². The number of fused-ring (bicyclic) bond motifs is 6. The smallest absolute Gasteiger partial charge is 0.311 e. The highest BCUT2D eigenvalue weighted by atomic mass is 35.5. The molecule has 1 saturated carbocycles. The number of aromatic nitrogens is 1. The minimum atomic E-state index is -0.310. The molecule has 6 unspecified atom stereocenters. The van der Waals surface area contributed by atoms with Crippen LogP contribution in [0.3, 0.4) is 0 Å². The zero-order chi connectivity index (χ0) is 21.7. The zero-order valence-electron chi connectivity index (χ0n) is 19.1. The third-order valence-electron chi connectivity index (χ3n) is 7.90. The van der Waals surface area contributed by atoms with Gasteiger partial charge in [-0.1, -0.05) is 0 Å². The molecule has 1 saturated heterocycles. The molecule has 6 atom stereocenters. The minimum absolute atomic E-state index is 0. The molecule has 0 amide bonds. The van der Waals surface area contributed by atoms with Gasteiger partial charge in [-0.25, -0.2) is 0 Å². The van der Waals surface area contributed by atoms with Crippen LogP contribution in [0.5, 0.6) is 5.75 Å². The minimum Gasteiger partial charge on any atom is -0.497 e. The molecule has 32 heavy (non-hydrogen) atoms. The van der Waals surface area contributed by atoms with Gasteiger partial charge in [-0.3, -0.25) is 9.69 Å². The van der Waals surface area contributed by atoms with E-state index in [-0.39, 0.29) is 48.5 Å². The number of ether oxygens (including phenoxy) is 4. The van der Waals surface area contributed by atoms with E-state index in [0.717, 1.165) is 43.6 Å². The predicted molar refractivity (Wildman–Crippen MR) is 123 cm³/mol. The first kappa shape index (κ1) is 23.4. The van der Waals surface area contributed by atoms with Crippen LogP contribution in [-0.2, 0) is 25.4 Å². The Bertz CT molecular complexity index is 979. The molecule has 1 aromatic heterocycles. The molecule has 2 aliphatic heterocycles. The fourth-order valence-corrected chi connectivity index (χ4v) is 6.47. The van der Waals surface area contributed by atoms with Crippen LogP contribution in [0.15, 0.2) is 18.2 Å². The summed E-state index contributed by atoms with van der Waals surface area (Å²) in [5, 5.41) is 1.28. The number of nitrogens with one attached hydrogen (secondary N) is 1. The van der Waals surface area contributed by atoms with Gasteiger partial charge in [0.05, 0.1) is 38.4 Å².